The lowest BCUT2D eigenvalue weighted by atomic mass is 9.77. The third-order valence-corrected chi connectivity index (χ3v) is 5.90. The third kappa shape index (κ3) is 3.09. The molecule has 1 aromatic heterocycles. The van der Waals surface area contributed by atoms with Crippen LogP contribution in [0.4, 0.5) is 0 Å². The van der Waals surface area contributed by atoms with Gasteiger partial charge in [-0.3, -0.25) is 9.59 Å². The van der Waals surface area contributed by atoms with Crippen molar-refractivity contribution in [2.75, 3.05) is 20.2 Å². The minimum Gasteiger partial charge on any atom is -0.379 e. The second-order valence-corrected chi connectivity index (χ2v) is 7.56. The van der Waals surface area contributed by atoms with E-state index in [2.05, 4.69) is 10.3 Å². The van der Waals surface area contributed by atoms with Crippen LogP contribution in [0.2, 0.25) is 0 Å². The number of benzene rings is 1. The van der Waals surface area contributed by atoms with E-state index in [1.165, 1.54) is 0 Å². The molecule has 4 atom stereocenters. The fourth-order valence-electron chi connectivity index (χ4n) is 4.62. The molecule has 4 rings (SSSR count). The highest BCUT2D eigenvalue weighted by Crippen LogP contribution is 2.38. The van der Waals surface area contributed by atoms with Crippen LogP contribution in [0.5, 0.6) is 0 Å². The van der Waals surface area contributed by atoms with Crippen LogP contribution in [0, 0.1) is 11.8 Å². The monoisotopic (exact) mass is 355 g/mol. The van der Waals surface area contributed by atoms with Gasteiger partial charge in [-0.1, -0.05) is 0 Å². The van der Waals surface area contributed by atoms with Crippen molar-refractivity contribution >= 4 is 22.7 Å². The summed E-state index contributed by atoms with van der Waals surface area (Å²) < 4.78 is 5.61. The Kier molecular flexibility index (Phi) is 4.44. The number of H-pyrrole nitrogens is 1. The van der Waals surface area contributed by atoms with Gasteiger partial charge in [-0.15, -0.1) is 0 Å². The first-order chi connectivity index (χ1) is 12.5. The molecule has 0 radical (unpaired) electrons. The zero-order chi connectivity index (χ0) is 18.3. The summed E-state index contributed by atoms with van der Waals surface area (Å²) >= 11 is 0. The van der Waals surface area contributed by atoms with Gasteiger partial charge >= 0.3 is 0 Å². The fraction of sp³-hybridized carbons (Fsp3) is 0.500. The number of carbonyl (C=O) groups excluding carboxylic acids is 2. The van der Waals surface area contributed by atoms with E-state index in [4.69, 9.17) is 4.74 Å². The van der Waals surface area contributed by atoms with Crippen molar-refractivity contribution in [3.05, 3.63) is 36.0 Å². The number of methoxy groups -OCH3 is 1. The van der Waals surface area contributed by atoms with Gasteiger partial charge in [0.05, 0.1) is 12.1 Å². The van der Waals surface area contributed by atoms with E-state index in [1.807, 2.05) is 35.4 Å². The zero-order valence-electron chi connectivity index (χ0n) is 15.2. The van der Waals surface area contributed by atoms with E-state index < -0.39 is 0 Å². The van der Waals surface area contributed by atoms with Crippen LogP contribution in [0.1, 0.15) is 30.1 Å². The Morgan fingerprint density at radius 1 is 1.19 bits per heavy atom. The van der Waals surface area contributed by atoms with Gasteiger partial charge in [-0.2, -0.15) is 0 Å². The molecule has 1 aliphatic carbocycles. The van der Waals surface area contributed by atoms with E-state index in [-0.39, 0.29) is 24.0 Å². The van der Waals surface area contributed by atoms with Gasteiger partial charge in [0.1, 0.15) is 0 Å². The quantitative estimate of drug-likeness (QED) is 0.886. The summed E-state index contributed by atoms with van der Waals surface area (Å²) in [6.45, 7) is 3.06. The first-order valence-electron chi connectivity index (χ1n) is 9.21. The molecule has 0 bridgehead atoms. The first-order valence-corrected chi connectivity index (χ1v) is 9.21. The number of aromatic nitrogens is 1. The fourth-order valence-corrected chi connectivity index (χ4v) is 4.62. The molecule has 2 fully saturated rings. The number of nitrogens with zero attached hydrogens (tertiary/aromatic N) is 1. The lowest BCUT2D eigenvalue weighted by Gasteiger charge is -2.37. The second kappa shape index (κ2) is 6.76. The number of carbonyl (C=O) groups is 2. The minimum atomic E-state index is -0.0266. The second-order valence-electron chi connectivity index (χ2n) is 7.56. The number of amides is 2. The Bertz CT molecular complexity index is 831. The van der Waals surface area contributed by atoms with Crippen molar-refractivity contribution < 1.29 is 14.3 Å². The maximum atomic E-state index is 13.0. The van der Waals surface area contributed by atoms with Crippen molar-refractivity contribution in [3.63, 3.8) is 0 Å². The summed E-state index contributed by atoms with van der Waals surface area (Å²) in [6.07, 6.45) is 3.65. The average Bonchev–Trinajstić information content (AvgIpc) is 3.25. The average molecular weight is 355 g/mol. The number of rotatable bonds is 3. The van der Waals surface area contributed by atoms with Crippen LogP contribution in [-0.2, 0) is 9.53 Å². The summed E-state index contributed by atoms with van der Waals surface area (Å²) in [4.78, 5) is 29.6. The van der Waals surface area contributed by atoms with Gasteiger partial charge in [0.15, 0.2) is 0 Å². The highest BCUT2D eigenvalue weighted by atomic mass is 16.5. The van der Waals surface area contributed by atoms with E-state index in [0.29, 0.717) is 11.8 Å². The van der Waals surface area contributed by atoms with Crippen molar-refractivity contribution in [2.24, 2.45) is 11.8 Å². The predicted molar refractivity (Wildman–Crippen MR) is 98.8 cm³/mol. The van der Waals surface area contributed by atoms with E-state index in [0.717, 1.165) is 42.4 Å². The van der Waals surface area contributed by atoms with Crippen LogP contribution < -0.4 is 5.32 Å². The number of fused-ring (bicyclic) bond motifs is 2. The van der Waals surface area contributed by atoms with Crippen molar-refractivity contribution in [3.8, 4) is 0 Å². The lowest BCUT2D eigenvalue weighted by Crippen LogP contribution is -2.49. The first kappa shape index (κ1) is 17.1. The van der Waals surface area contributed by atoms with Gasteiger partial charge in [0.2, 0.25) is 5.91 Å². The number of hydrogen-bond donors (Lipinski definition) is 2. The van der Waals surface area contributed by atoms with Crippen LogP contribution >= 0.6 is 0 Å². The van der Waals surface area contributed by atoms with Gasteiger partial charge in [-0.25, -0.2) is 0 Å². The normalized spacial score (nSPS) is 28.2. The Hall–Kier alpha value is -2.34. The number of aromatic amines is 1. The molecule has 6 heteroatoms. The molecule has 1 saturated carbocycles. The van der Waals surface area contributed by atoms with Gasteiger partial charge in [0, 0.05) is 49.8 Å². The van der Waals surface area contributed by atoms with Gasteiger partial charge in [0.25, 0.3) is 5.91 Å². The smallest absolute Gasteiger partial charge is 0.253 e. The number of likely N-dealkylation sites (tertiary alicyclic amines) is 1. The zero-order valence-corrected chi connectivity index (χ0v) is 15.2. The molecule has 1 aromatic carbocycles. The van der Waals surface area contributed by atoms with Crippen LogP contribution in [0.15, 0.2) is 30.5 Å². The maximum Gasteiger partial charge on any atom is 0.253 e. The van der Waals surface area contributed by atoms with E-state index >= 15 is 0 Å². The van der Waals surface area contributed by atoms with E-state index in [1.54, 1.807) is 14.0 Å². The van der Waals surface area contributed by atoms with Crippen LogP contribution in [0.3, 0.4) is 0 Å². The Labute approximate surface area is 152 Å². The SMILES string of the molecule is CO[C@@H]1C[C@H]2CN(C(=O)c3ccc4[nH]ccc4c3)C[C@H]2C[C@H]1NC(C)=O. The van der Waals surface area contributed by atoms with Crippen molar-refractivity contribution in [1.29, 1.82) is 0 Å². The topological polar surface area (TPSA) is 74.4 Å². The summed E-state index contributed by atoms with van der Waals surface area (Å²) in [6, 6.07) is 7.82. The van der Waals surface area contributed by atoms with Crippen LogP contribution in [0.25, 0.3) is 10.9 Å². The Balaban J connectivity index is 1.48. The molecule has 2 N–H and O–H groups in total. The lowest BCUT2D eigenvalue weighted by molar-refractivity contribution is -0.121. The summed E-state index contributed by atoms with van der Waals surface area (Å²) in [5.41, 5.74) is 1.77. The van der Waals surface area contributed by atoms with Gasteiger partial charge in [-0.05, 0) is 48.9 Å². The maximum absolute atomic E-state index is 13.0. The molecule has 2 amide bonds. The number of nitrogens with one attached hydrogen (secondary N) is 2. The molecule has 1 aliphatic heterocycles. The largest absolute Gasteiger partial charge is 0.379 e. The Morgan fingerprint density at radius 2 is 1.96 bits per heavy atom. The molecule has 1 saturated heterocycles. The number of hydrogen-bond acceptors (Lipinski definition) is 3. The third-order valence-electron chi connectivity index (χ3n) is 5.90. The highest BCUT2D eigenvalue weighted by molar-refractivity contribution is 5.98. The van der Waals surface area contributed by atoms with Gasteiger partial charge < -0.3 is 19.9 Å². The number of ether oxygens (including phenoxy) is 1. The molecule has 138 valence electrons. The van der Waals surface area contributed by atoms with Crippen molar-refractivity contribution in [1.82, 2.24) is 15.2 Å². The standard InChI is InChI=1S/C20H25N3O3/c1-12(24)22-18-8-15-10-23(11-16(15)9-19(18)26-2)20(25)14-3-4-17-13(7-14)5-6-21-17/h3-7,15-16,18-19,21H,8-11H2,1-2H3,(H,22,24)/t15-,16+,18-,19-/m1/s1. The molecule has 2 aliphatic rings. The minimum absolute atomic E-state index is 0.0198. The Morgan fingerprint density at radius 3 is 2.69 bits per heavy atom. The predicted octanol–water partition coefficient (Wildman–Crippen LogP) is 2.17. The van der Waals surface area contributed by atoms with E-state index in [9.17, 15) is 9.59 Å². The molecule has 0 spiro atoms. The summed E-state index contributed by atoms with van der Waals surface area (Å²) in [5, 5.41) is 4.07. The highest BCUT2D eigenvalue weighted by Gasteiger charge is 2.44. The molecule has 2 aromatic rings. The molecular weight excluding hydrogens is 330 g/mol. The van der Waals surface area contributed by atoms with Crippen molar-refractivity contribution in [2.45, 2.75) is 31.9 Å². The van der Waals surface area contributed by atoms with Crippen LogP contribution in [-0.4, -0.2) is 54.0 Å². The molecule has 0 unspecified atom stereocenters. The molecule has 26 heavy (non-hydrogen) atoms. The molecular formula is C20H25N3O3. The summed E-state index contributed by atoms with van der Waals surface area (Å²) in [5.74, 6) is 0.914. The summed E-state index contributed by atoms with van der Waals surface area (Å²) in [7, 11) is 1.70. The molecule has 2 heterocycles. The molecule has 6 nitrogen and oxygen atoms in total.